The van der Waals surface area contributed by atoms with Gasteiger partial charge in [0.05, 0.1) is 4.92 Å². The Kier molecular flexibility index (Phi) is 9.15. The van der Waals surface area contributed by atoms with Gasteiger partial charge in [-0.25, -0.2) is 0 Å². The SMILES string of the molecule is Cc1cc2c(O)c(c1)C(C)c1cc(C)cc(c1O)Cc1cc(C(C)(C)C)cc(c1O)C(c1ccc([N+](=O)[O-])cc1)c1cc(C(C)(C)C)cc(c1O)C2. The second-order valence-electron chi connectivity index (χ2n) is 16.7. The minimum atomic E-state index is -0.737. The number of nitro benzene ring substituents is 1. The molecular weight excluding hydrogens is 650 g/mol. The van der Waals surface area contributed by atoms with E-state index in [0.29, 0.717) is 50.1 Å². The molecule has 7 nitrogen and oxygen atoms in total. The number of phenols is 4. The summed E-state index contributed by atoms with van der Waals surface area (Å²) < 4.78 is 0. The Morgan fingerprint density at radius 2 is 0.942 bits per heavy atom. The molecule has 5 aromatic carbocycles. The molecule has 0 radical (unpaired) electrons. The van der Waals surface area contributed by atoms with E-state index in [0.717, 1.165) is 22.3 Å². The zero-order chi connectivity index (χ0) is 38.0. The minimum Gasteiger partial charge on any atom is -0.507 e. The molecule has 0 aliphatic heterocycles. The van der Waals surface area contributed by atoms with Crippen LogP contribution in [0.15, 0.2) is 72.8 Å². The third-order valence-electron chi connectivity index (χ3n) is 10.6. The molecule has 0 saturated heterocycles. The highest BCUT2D eigenvalue weighted by Gasteiger charge is 2.32. The van der Waals surface area contributed by atoms with E-state index in [4.69, 9.17) is 0 Å². The fraction of sp³-hybridized carbons (Fsp3) is 0.333. The Morgan fingerprint density at radius 3 is 1.31 bits per heavy atom. The summed E-state index contributed by atoms with van der Waals surface area (Å²) in [6.07, 6.45) is 0.431. The second kappa shape index (κ2) is 13.0. The Labute approximate surface area is 306 Å². The first-order valence-corrected chi connectivity index (χ1v) is 17.9. The fourth-order valence-electron chi connectivity index (χ4n) is 7.60. The van der Waals surface area contributed by atoms with Gasteiger partial charge in [-0.3, -0.25) is 10.1 Å². The van der Waals surface area contributed by atoms with E-state index in [-0.39, 0.29) is 58.3 Å². The van der Waals surface area contributed by atoms with Gasteiger partial charge in [0.1, 0.15) is 23.0 Å². The molecule has 0 amide bonds. The number of aryl methyl sites for hydroxylation is 2. The van der Waals surface area contributed by atoms with Crippen molar-refractivity contribution < 1.29 is 25.3 Å². The number of aromatic hydroxyl groups is 4. The summed E-state index contributed by atoms with van der Waals surface area (Å²) in [5.74, 6) is -0.830. The molecule has 4 N–H and O–H groups in total. The average Bonchev–Trinajstić information content (AvgIpc) is 3.05. The van der Waals surface area contributed by atoms with E-state index in [1.54, 1.807) is 12.1 Å². The van der Waals surface area contributed by atoms with Crippen LogP contribution < -0.4 is 0 Å². The van der Waals surface area contributed by atoms with Gasteiger partial charge in [0.15, 0.2) is 0 Å². The number of non-ortho nitro benzene ring substituents is 1. The van der Waals surface area contributed by atoms with Crippen molar-refractivity contribution in [1.29, 1.82) is 0 Å². The van der Waals surface area contributed by atoms with Gasteiger partial charge in [0.25, 0.3) is 5.69 Å². The van der Waals surface area contributed by atoms with E-state index in [1.807, 2.05) is 69.3 Å². The number of rotatable bonds is 2. The van der Waals surface area contributed by atoms with Crippen LogP contribution in [0.1, 0.15) is 133 Å². The highest BCUT2D eigenvalue weighted by molar-refractivity contribution is 5.63. The third kappa shape index (κ3) is 6.72. The average molecular weight is 700 g/mol. The van der Waals surface area contributed by atoms with Crippen molar-refractivity contribution in [1.82, 2.24) is 0 Å². The number of phenolic OH excluding ortho intramolecular Hbond substituents is 4. The molecule has 6 rings (SSSR count). The molecule has 0 saturated carbocycles. The molecule has 0 unspecified atom stereocenters. The maximum Gasteiger partial charge on any atom is 0.269 e. The number of nitrogens with zero attached hydrogens (tertiary/aromatic N) is 1. The van der Waals surface area contributed by atoms with Gasteiger partial charge in [-0.2, -0.15) is 0 Å². The Hall–Kier alpha value is -5.30. The summed E-state index contributed by atoms with van der Waals surface area (Å²) in [6.45, 7) is 18.5. The molecular formula is C45H49NO6. The lowest BCUT2D eigenvalue weighted by Gasteiger charge is -2.29. The van der Waals surface area contributed by atoms with Gasteiger partial charge in [0.2, 0.25) is 0 Å². The van der Waals surface area contributed by atoms with Crippen LogP contribution in [0.4, 0.5) is 5.69 Å². The fourth-order valence-corrected chi connectivity index (χ4v) is 7.60. The second-order valence-corrected chi connectivity index (χ2v) is 16.7. The predicted octanol–water partition coefficient (Wildman–Crippen LogP) is 10.5. The number of hydrogen-bond acceptors (Lipinski definition) is 6. The molecule has 270 valence electrons. The highest BCUT2D eigenvalue weighted by atomic mass is 16.6. The summed E-state index contributed by atoms with van der Waals surface area (Å²) in [5, 5.41) is 60.3. The highest BCUT2D eigenvalue weighted by Crippen LogP contribution is 2.48. The van der Waals surface area contributed by atoms with Gasteiger partial charge in [-0.1, -0.05) is 120 Å². The number of benzene rings is 5. The van der Waals surface area contributed by atoms with Gasteiger partial charge in [-0.15, -0.1) is 0 Å². The van der Waals surface area contributed by atoms with Crippen LogP contribution in [-0.2, 0) is 23.7 Å². The topological polar surface area (TPSA) is 124 Å². The zero-order valence-corrected chi connectivity index (χ0v) is 31.5. The van der Waals surface area contributed by atoms with Gasteiger partial charge < -0.3 is 20.4 Å². The number of fused-ring (bicyclic) bond motifs is 8. The van der Waals surface area contributed by atoms with Crippen molar-refractivity contribution in [2.24, 2.45) is 0 Å². The summed E-state index contributed by atoms with van der Waals surface area (Å²) >= 11 is 0. The van der Waals surface area contributed by atoms with Crippen LogP contribution in [0.25, 0.3) is 0 Å². The van der Waals surface area contributed by atoms with Crippen LogP contribution >= 0.6 is 0 Å². The summed E-state index contributed by atoms with van der Waals surface area (Å²) in [6, 6.07) is 21.9. The van der Waals surface area contributed by atoms with Crippen LogP contribution in [-0.4, -0.2) is 25.3 Å². The molecule has 0 aromatic heterocycles. The molecule has 0 heterocycles. The van der Waals surface area contributed by atoms with E-state index in [1.165, 1.54) is 12.1 Å². The van der Waals surface area contributed by atoms with Crippen LogP contribution in [0.3, 0.4) is 0 Å². The predicted molar refractivity (Wildman–Crippen MR) is 206 cm³/mol. The molecule has 52 heavy (non-hydrogen) atoms. The summed E-state index contributed by atoms with van der Waals surface area (Å²) in [5.41, 5.74) is 8.59. The van der Waals surface area contributed by atoms with Gasteiger partial charge in [0, 0.05) is 59.1 Å². The van der Waals surface area contributed by atoms with E-state index in [2.05, 4.69) is 41.5 Å². The van der Waals surface area contributed by atoms with E-state index >= 15 is 0 Å². The molecule has 8 bridgehead atoms. The van der Waals surface area contributed by atoms with Crippen LogP contribution in [0.5, 0.6) is 23.0 Å². The van der Waals surface area contributed by atoms with Crippen molar-refractivity contribution in [2.75, 3.05) is 0 Å². The maximum absolute atomic E-state index is 12.4. The van der Waals surface area contributed by atoms with Crippen molar-refractivity contribution >= 4 is 5.69 Å². The molecule has 0 atom stereocenters. The van der Waals surface area contributed by atoms with Crippen molar-refractivity contribution in [3.05, 3.63) is 155 Å². The van der Waals surface area contributed by atoms with Crippen molar-refractivity contribution in [3.63, 3.8) is 0 Å². The third-order valence-corrected chi connectivity index (χ3v) is 10.6. The van der Waals surface area contributed by atoms with E-state index in [9.17, 15) is 30.5 Å². The monoisotopic (exact) mass is 699 g/mol. The number of hydrogen-bond donors (Lipinski definition) is 4. The first kappa shape index (κ1) is 36.5. The minimum absolute atomic E-state index is 0.0274. The van der Waals surface area contributed by atoms with Crippen molar-refractivity contribution in [3.8, 4) is 23.0 Å². The van der Waals surface area contributed by atoms with E-state index < -0.39 is 10.8 Å². The zero-order valence-electron chi connectivity index (χ0n) is 31.5. The molecule has 5 aromatic rings. The Morgan fingerprint density at radius 1 is 0.577 bits per heavy atom. The largest absolute Gasteiger partial charge is 0.507 e. The first-order valence-electron chi connectivity index (χ1n) is 17.9. The molecule has 0 fully saturated rings. The number of nitro groups is 1. The maximum atomic E-state index is 12.4. The van der Waals surface area contributed by atoms with Crippen LogP contribution in [0.2, 0.25) is 0 Å². The van der Waals surface area contributed by atoms with Gasteiger partial charge in [-0.05, 0) is 63.6 Å². The summed E-state index contributed by atoms with van der Waals surface area (Å²) in [4.78, 5) is 11.3. The van der Waals surface area contributed by atoms with Gasteiger partial charge >= 0.3 is 0 Å². The van der Waals surface area contributed by atoms with Crippen molar-refractivity contribution in [2.45, 2.75) is 97.8 Å². The standard InChI is InChI=1S/C45H49NO6/c1-24-14-28-18-30-20-32(44(4,5)6)22-37(42(30)49)39(27-10-12-34(13-11-27)46(51)52)38-23-33(45(7,8)9)21-31(43(38)50)19-29-15-25(2)17-36(41(29)48)26(3)35(16-24)40(28)47/h10-17,20-23,26,39,47-50H,18-19H2,1-9H3. The lowest BCUT2D eigenvalue weighted by molar-refractivity contribution is -0.384. The normalized spacial score (nSPS) is 16.1. The molecule has 0 spiro atoms. The lowest BCUT2D eigenvalue weighted by Crippen LogP contribution is -2.16. The Balaban J connectivity index is 1.79. The summed E-state index contributed by atoms with van der Waals surface area (Å²) in [7, 11) is 0. The molecule has 1 aliphatic rings. The van der Waals surface area contributed by atoms with Crippen LogP contribution in [0, 0.1) is 24.0 Å². The molecule has 7 heteroatoms. The molecule has 1 aliphatic carbocycles. The quantitative estimate of drug-likeness (QED) is 0.107. The Bertz CT molecular complexity index is 2090. The first-order chi connectivity index (χ1) is 24.2. The smallest absolute Gasteiger partial charge is 0.269 e. The lowest BCUT2D eigenvalue weighted by atomic mass is 9.75.